The molecule has 0 radical (unpaired) electrons. The van der Waals surface area contributed by atoms with Crippen LogP contribution in [0.15, 0.2) is 40.9 Å². The van der Waals surface area contributed by atoms with Crippen LogP contribution in [-0.4, -0.2) is 45.6 Å². The molecule has 8 nitrogen and oxygen atoms in total. The van der Waals surface area contributed by atoms with Crippen molar-refractivity contribution in [3.8, 4) is 17.2 Å². The number of methoxy groups -OCH3 is 3. The Hall–Kier alpha value is -3.33. The predicted octanol–water partition coefficient (Wildman–Crippen LogP) is 3.57. The Morgan fingerprint density at radius 1 is 1.09 bits per heavy atom. The second-order valence-electron chi connectivity index (χ2n) is 8.08. The van der Waals surface area contributed by atoms with Crippen molar-refractivity contribution in [2.45, 2.75) is 31.6 Å². The first kappa shape index (κ1) is 23.8. The third-order valence-corrected chi connectivity index (χ3v) is 7.27. The summed E-state index contributed by atoms with van der Waals surface area (Å²) in [5.74, 6) is -1.73. The van der Waals surface area contributed by atoms with Gasteiger partial charge in [0.25, 0.3) is 0 Å². The molecule has 0 saturated heterocycles. The molecule has 0 unspecified atom stereocenters. The highest BCUT2D eigenvalue weighted by Crippen LogP contribution is 2.48. The molecular weight excluding hydrogens is 458 g/mol. The lowest BCUT2D eigenvalue weighted by Crippen LogP contribution is -2.44. The summed E-state index contributed by atoms with van der Waals surface area (Å²) in [6.45, 7) is 1.90. The fourth-order valence-corrected chi connectivity index (χ4v) is 5.68. The van der Waals surface area contributed by atoms with Crippen LogP contribution < -0.4 is 19.5 Å². The number of esters is 1. The summed E-state index contributed by atoms with van der Waals surface area (Å²) >= 11 is 1.48. The van der Waals surface area contributed by atoms with Crippen molar-refractivity contribution in [3.05, 3.63) is 51.4 Å². The number of allylic oxidation sites excluding steroid dienone is 2. The first-order valence-electron chi connectivity index (χ1n) is 11.0. The topological polar surface area (TPSA) is 100 Å². The predicted molar refractivity (Wildman–Crippen MR) is 125 cm³/mol. The maximum atomic E-state index is 13.9. The van der Waals surface area contributed by atoms with Crippen molar-refractivity contribution in [2.24, 2.45) is 5.92 Å². The van der Waals surface area contributed by atoms with E-state index in [1.165, 1.54) is 32.7 Å². The molecule has 0 spiro atoms. The van der Waals surface area contributed by atoms with Crippen molar-refractivity contribution < 1.29 is 33.3 Å². The maximum absolute atomic E-state index is 13.9. The van der Waals surface area contributed by atoms with Crippen LogP contribution in [0.5, 0.6) is 17.2 Å². The summed E-state index contributed by atoms with van der Waals surface area (Å²) in [4.78, 5) is 40.5. The molecule has 1 aromatic heterocycles. The number of nitrogens with one attached hydrogen (secondary N) is 1. The van der Waals surface area contributed by atoms with Gasteiger partial charge in [-0.05, 0) is 42.5 Å². The van der Waals surface area contributed by atoms with Gasteiger partial charge in [0, 0.05) is 34.4 Å². The van der Waals surface area contributed by atoms with Crippen LogP contribution in [0, 0.1) is 5.92 Å². The lowest BCUT2D eigenvalue weighted by atomic mass is 9.69. The Kier molecular flexibility index (Phi) is 6.92. The molecule has 34 heavy (non-hydrogen) atoms. The molecule has 0 bridgehead atoms. The van der Waals surface area contributed by atoms with E-state index in [2.05, 4.69) is 5.32 Å². The monoisotopic (exact) mass is 485 g/mol. The Bertz CT molecular complexity index is 1110. The second kappa shape index (κ2) is 9.89. The molecule has 1 aliphatic heterocycles. The fraction of sp³-hybridized carbons (Fsp3) is 0.400. The van der Waals surface area contributed by atoms with Gasteiger partial charge in [-0.25, -0.2) is 0 Å². The van der Waals surface area contributed by atoms with E-state index in [1.54, 1.807) is 19.1 Å². The number of amides is 1. The van der Waals surface area contributed by atoms with Crippen LogP contribution in [0.3, 0.4) is 0 Å². The molecular formula is C25H27NO7S. The molecule has 0 fully saturated rings. The highest BCUT2D eigenvalue weighted by atomic mass is 32.1. The molecule has 1 aromatic carbocycles. The zero-order valence-electron chi connectivity index (χ0n) is 19.5. The molecule has 2 aliphatic rings. The van der Waals surface area contributed by atoms with Crippen molar-refractivity contribution in [1.82, 2.24) is 5.32 Å². The summed E-state index contributed by atoms with van der Waals surface area (Å²) in [5, 5.41) is 4.80. The summed E-state index contributed by atoms with van der Waals surface area (Å²) in [6, 6.07) is 7.27. The van der Waals surface area contributed by atoms with Gasteiger partial charge in [-0.3, -0.25) is 14.4 Å². The Morgan fingerprint density at radius 3 is 2.35 bits per heavy atom. The highest BCUT2D eigenvalue weighted by molar-refractivity contribution is 7.10. The lowest BCUT2D eigenvalue weighted by molar-refractivity contribution is -0.152. The number of thiophene rings is 1. The largest absolute Gasteiger partial charge is 0.493 e. The standard InChI is InChI=1S/C25H27NO7S/c1-5-33-25(29)22-15(19-7-6-8-34-19)11-16-21(23(22)28)14(12-20(27)26-16)13-9-17(30-2)24(32-4)18(10-13)31-3/h6-10,14-15,22H,5,11-12H2,1-4H3,(H,26,27)/t14-,15+,22+/m0/s1. The number of carbonyl (C=O) groups is 3. The first-order valence-corrected chi connectivity index (χ1v) is 11.9. The number of ether oxygens (including phenoxy) is 4. The number of benzene rings is 1. The summed E-state index contributed by atoms with van der Waals surface area (Å²) in [7, 11) is 4.52. The van der Waals surface area contributed by atoms with Crippen LogP contribution in [-0.2, 0) is 19.1 Å². The minimum Gasteiger partial charge on any atom is -0.493 e. The van der Waals surface area contributed by atoms with E-state index in [1.807, 2.05) is 17.5 Å². The lowest BCUT2D eigenvalue weighted by Gasteiger charge is -2.37. The van der Waals surface area contributed by atoms with Crippen LogP contribution in [0.4, 0.5) is 0 Å². The third kappa shape index (κ3) is 4.16. The number of hydrogen-bond donors (Lipinski definition) is 1. The summed E-state index contributed by atoms with van der Waals surface area (Å²) < 4.78 is 21.7. The number of Topliss-reactive ketones (excluding diaryl/α,β-unsaturated/α-hetero) is 1. The Labute approximate surface area is 201 Å². The normalized spacial score (nSPS) is 22.1. The minimum absolute atomic E-state index is 0.0580. The Balaban J connectivity index is 1.85. The van der Waals surface area contributed by atoms with Crippen molar-refractivity contribution in [1.29, 1.82) is 0 Å². The average Bonchev–Trinajstić information content (AvgIpc) is 3.37. The van der Waals surface area contributed by atoms with Crippen LogP contribution >= 0.6 is 11.3 Å². The van der Waals surface area contributed by atoms with E-state index in [0.717, 1.165) is 4.88 Å². The number of carbonyl (C=O) groups excluding carboxylic acids is 3. The summed E-state index contributed by atoms with van der Waals surface area (Å²) in [6.07, 6.45) is 0.417. The van der Waals surface area contributed by atoms with Gasteiger partial charge >= 0.3 is 5.97 Å². The van der Waals surface area contributed by atoms with Gasteiger partial charge in [0.05, 0.1) is 27.9 Å². The van der Waals surface area contributed by atoms with E-state index >= 15 is 0 Å². The number of rotatable bonds is 7. The van der Waals surface area contributed by atoms with Crippen molar-refractivity contribution in [3.63, 3.8) is 0 Å². The Morgan fingerprint density at radius 2 is 1.79 bits per heavy atom. The highest BCUT2D eigenvalue weighted by Gasteiger charge is 2.48. The molecule has 0 saturated carbocycles. The smallest absolute Gasteiger partial charge is 0.317 e. The molecule has 4 rings (SSSR count). The molecule has 180 valence electrons. The third-order valence-electron chi connectivity index (χ3n) is 6.27. The van der Waals surface area contributed by atoms with Crippen LogP contribution in [0.1, 0.15) is 42.0 Å². The molecule has 1 aliphatic carbocycles. The van der Waals surface area contributed by atoms with E-state index in [0.29, 0.717) is 40.5 Å². The SMILES string of the molecule is CCOC(=O)[C@H]1C(=O)C2=C(C[C@@H]1c1cccs1)NC(=O)C[C@H]2c1cc(OC)c(OC)c(OC)c1. The maximum Gasteiger partial charge on any atom is 0.317 e. The molecule has 1 amide bonds. The van der Waals surface area contributed by atoms with E-state index in [9.17, 15) is 14.4 Å². The molecule has 2 heterocycles. The molecule has 9 heteroatoms. The van der Waals surface area contributed by atoms with Crippen molar-refractivity contribution >= 4 is 29.0 Å². The van der Waals surface area contributed by atoms with Gasteiger partial charge in [0.2, 0.25) is 11.7 Å². The first-order chi connectivity index (χ1) is 16.4. The van der Waals surface area contributed by atoms with Gasteiger partial charge in [0.15, 0.2) is 17.3 Å². The zero-order chi connectivity index (χ0) is 24.4. The van der Waals surface area contributed by atoms with Gasteiger partial charge < -0.3 is 24.3 Å². The van der Waals surface area contributed by atoms with Gasteiger partial charge in [-0.1, -0.05) is 6.07 Å². The number of hydrogen-bond acceptors (Lipinski definition) is 8. The van der Waals surface area contributed by atoms with Gasteiger partial charge in [-0.15, -0.1) is 11.3 Å². The van der Waals surface area contributed by atoms with E-state index in [-0.39, 0.29) is 24.7 Å². The van der Waals surface area contributed by atoms with Crippen molar-refractivity contribution in [2.75, 3.05) is 27.9 Å². The second-order valence-corrected chi connectivity index (χ2v) is 9.06. The molecule has 3 atom stereocenters. The van der Waals surface area contributed by atoms with Gasteiger partial charge in [0.1, 0.15) is 5.92 Å². The van der Waals surface area contributed by atoms with Gasteiger partial charge in [-0.2, -0.15) is 0 Å². The molecule has 1 N–H and O–H groups in total. The number of ketones is 1. The summed E-state index contributed by atoms with van der Waals surface area (Å²) in [5.41, 5.74) is 1.65. The zero-order valence-corrected chi connectivity index (χ0v) is 20.3. The average molecular weight is 486 g/mol. The fourth-order valence-electron chi connectivity index (χ4n) is 4.81. The molecule has 2 aromatic rings. The van der Waals surface area contributed by atoms with E-state index in [4.69, 9.17) is 18.9 Å². The minimum atomic E-state index is -0.975. The van der Waals surface area contributed by atoms with E-state index < -0.39 is 23.7 Å². The van der Waals surface area contributed by atoms with Crippen LogP contribution in [0.25, 0.3) is 0 Å². The quantitative estimate of drug-likeness (QED) is 0.473. The van der Waals surface area contributed by atoms with Crippen LogP contribution in [0.2, 0.25) is 0 Å².